The van der Waals surface area contributed by atoms with Crippen LogP contribution in [0.4, 0.5) is 0 Å². The van der Waals surface area contributed by atoms with Gasteiger partial charge in [-0.3, -0.25) is 28.8 Å². The lowest BCUT2D eigenvalue weighted by Gasteiger charge is -2.26. The minimum atomic E-state index is -1.25. The number of amides is 6. The van der Waals surface area contributed by atoms with Crippen LogP contribution in [0.5, 0.6) is 0 Å². The van der Waals surface area contributed by atoms with E-state index in [1.165, 1.54) is 13.3 Å². The predicted molar refractivity (Wildman–Crippen MR) is 242 cm³/mol. The van der Waals surface area contributed by atoms with Gasteiger partial charge in [0, 0.05) is 71.8 Å². The highest BCUT2D eigenvalue weighted by molar-refractivity contribution is 5.97. The topological polar surface area (TPSA) is 301 Å². The monoisotopic (exact) mass is 872 g/mol. The second-order valence-electron chi connectivity index (χ2n) is 15.9. The number of para-hydroxylation sites is 2. The van der Waals surface area contributed by atoms with Gasteiger partial charge in [0.05, 0.1) is 12.4 Å². The zero-order chi connectivity index (χ0) is 45.6. The number of aromatic amines is 3. The Kier molecular flexibility index (Phi) is 16.0. The van der Waals surface area contributed by atoms with Gasteiger partial charge in [0.15, 0.2) is 0 Å². The number of carbonyl (C=O) groups excluding carboxylic acids is 6. The smallest absolute Gasteiger partial charge is 0.243 e. The molecule has 6 aromatic rings. The van der Waals surface area contributed by atoms with Crippen LogP contribution in [0.1, 0.15) is 48.6 Å². The highest BCUT2D eigenvalue weighted by Gasteiger charge is 2.33. The van der Waals surface area contributed by atoms with E-state index in [1.54, 1.807) is 42.9 Å². The summed E-state index contributed by atoms with van der Waals surface area (Å²) in [7, 11) is 0. The Balaban J connectivity index is 1.22. The van der Waals surface area contributed by atoms with Gasteiger partial charge in [-0.1, -0.05) is 66.7 Å². The van der Waals surface area contributed by atoms with Crippen molar-refractivity contribution in [3.8, 4) is 0 Å². The summed E-state index contributed by atoms with van der Waals surface area (Å²) in [4.78, 5) is 95.6. The number of unbranched alkanes of at least 4 members (excludes halogenated alkanes) is 1. The van der Waals surface area contributed by atoms with Crippen LogP contribution in [0.2, 0.25) is 0 Å². The third kappa shape index (κ3) is 12.4. The van der Waals surface area contributed by atoms with Crippen LogP contribution in [0.15, 0.2) is 104 Å². The molecule has 336 valence electrons. The molecule has 3 aromatic carbocycles. The molecule has 0 saturated heterocycles. The number of fused-ring (bicyclic) bond motifs is 2. The lowest BCUT2D eigenvalue weighted by molar-refractivity contribution is -0.134. The third-order valence-electron chi connectivity index (χ3n) is 11.1. The number of nitrogens with one attached hydrogen (secondary N) is 8. The van der Waals surface area contributed by atoms with Gasteiger partial charge < -0.3 is 58.7 Å². The number of aromatic nitrogens is 4. The summed E-state index contributed by atoms with van der Waals surface area (Å²) < 4.78 is 0. The molecule has 14 N–H and O–H groups in total. The zero-order valence-electron chi connectivity index (χ0n) is 35.6. The number of benzene rings is 3. The first-order valence-electron chi connectivity index (χ1n) is 21.3. The van der Waals surface area contributed by atoms with Gasteiger partial charge >= 0.3 is 0 Å². The first-order chi connectivity index (χ1) is 30.9. The van der Waals surface area contributed by atoms with Gasteiger partial charge in [-0.25, -0.2) is 4.98 Å². The number of hydrogen-bond acceptors (Lipinski definition) is 9. The van der Waals surface area contributed by atoms with E-state index in [4.69, 9.17) is 17.2 Å². The molecular weight excluding hydrogens is 817 g/mol. The number of hydrogen-bond donors (Lipinski definition) is 11. The Labute approximate surface area is 369 Å². The van der Waals surface area contributed by atoms with Crippen molar-refractivity contribution >= 4 is 57.2 Å². The third-order valence-corrected chi connectivity index (χ3v) is 11.1. The number of imidazole rings is 1. The molecular formula is C46H56N12O6. The van der Waals surface area contributed by atoms with E-state index < -0.39 is 71.7 Å². The lowest BCUT2D eigenvalue weighted by Crippen LogP contribution is -2.59. The molecule has 0 aliphatic carbocycles. The molecule has 0 bridgehead atoms. The Morgan fingerprint density at radius 2 is 1.11 bits per heavy atom. The van der Waals surface area contributed by atoms with E-state index in [-0.39, 0.29) is 32.1 Å². The Morgan fingerprint density at radius 1 is 0.594 bits per heavy atom. The summed E-state index contributed by atoms with van der Waals surface area (Å²) in [5.41, 5.74) is 22.0. The Hall–Kier alpha value is -7.31. The molecule has 18 nitrogen and oxygen atoms in total. The van der Waals surface area contributed by atoms with E-state index in [2.05, 4.69) is 46.5 Å². The van der Waals surface area contributed by atoms with Crippen molar-refractivity contribution in [2.24, 2.45) is 17.2 Å². The summed E-state index contributed by atoms with van der Waals surface area (Å²) in [5, 5.41) is 15.5. The number of primary amides is 1. The fourth-order valence-electron chi connectivity index (χ4n) is 7.52. The van der Waals surface area contributed by atoms with Gasteiger partial charge in [0.2, 0.25) is 35.4 Å². The zero-order valence-corrected chi connectivity index (χ0v) is 35.6. The molecule has 64 heavy (non-hydrogen) atoms. The lowest BCUT2D eigenvalue weighted by atomic mass is 10.0. The van der Waals surface area contributed by atoms with E-state index in [0.29, 0.717) is 30.6 Å². The molecule has 0 fully saturated rings. The maximum Gasteiger partial charge on any atom is 0.243 e. The fourth-order valence-corrected chi connectivity index (χ4v) is 7.52. The van der Waals surface area contributed by atoms with E-state index in [9.17, 15) is 28.8 Å². The SMILES string of the molecule is C[C@@H](NC(=O)[C@H](Cc1c[nH]c2ccccc12)NC(=O)[C@H](N)Cc1cnc[nH]1)C(=O)N[C@H](Cc1c[nH]c2ccccc12)C(=O)N[C@@H](Cc1ccccc1)C(=O)N[C@H](CCCCN)C(N)=O. The summed E-state index contributed by atoms with van der Waals surface area (Å²) in [5.74, 6) is -4.02. The van der Waals surface area contributed by atoms with Crippen molar-refractivity contribution in [2.45, 2.75) is 88.1 Å². The first-order valence-corrected chi connectivity index (χ1v) is 21.3. The quantitative estimate of drug-likeness (QED) is 0.0409. The van der Waals surface area contributed by atoms with E-state index in [1.807, 2.05) is 54.6 Å². The van der Waals surface area contributed by atoms with E-state index >= 15 is 0 Å². The van der Waals surface area contributed by atoms with Gasteiger partial charge in [-0.05, 0) is 61.6 Å². The van der Waals surface area contributed by atoms with Gasteiger partial charge in [0.1, 0.15) is 30.2 Å². The van der Waals surface area contributed by atoms with Crippen molar-refractivity contribution in [3.63, 3.8) is 0 Å². The molecule has 18 heteroatoms. The Bertz CT molecular complexity index is 2520. The highest BCUT2D eigenvalue weighted by atomic mass is 16.2. The van der Waals surface area contributed by atoms with Gasteiger partial charge in [0.25, 0.3) is 0 Å². The average molecular weight is 873 g/mol. The average Bonchev–Trinajstić information content (AvgIpc) is 4.06. The van der Waals surface area contributed by atoms with Gasteiger partial charge in [-0.2, -0.15) is 0 Å². The van der Waals surface area contributed by atoms with Crippen molar-refractivity contribution < 1.29 is 28.8 Å². The van der Waals surface area contributed by atoms with Crippen molar-refractivity contribution in [1.82, 2.24) is 46.5 Å². The minimum absolute atomic E-state index is 0.00159. The summed E-state index contributed by atoms with van der Waals surface area (Å²) >= 11 is 0. The van der Waals surface area contributed by atoms with Crippen LogP contribution in [0, 0.1) is 0 Å². The van der Waals surface area contributed by atoms with E-state index in [0.717, 1.165) is 32.9 Å². The van der Waals surface area contributed by atoms with Gasteiger partial charge in [-0.15, -0.1) is 0 Å². The number of nitrogens with two attached hydrogens (primary N) is 3. The normalized spacial score (nSPS) is 14.1. The second-order valence-corrected chi connectivity index (χ2v) is 15.9. The standard InChI is InChI=1S/C46H56N12O6/c1-27(54-44(62)39(20-29-23-51-35-15-7-5-13-32(29)35)57-43(61)34(48)22-31-25-50-26-53-31)42(60)56-40(21-30-24-52-36-16-8-6-14-33(30)36)46(64)58-38(19-28-11-3-2-4-12-28)45(63)55-37(41(49)59)17-9-10-18-47/h2-8,11-16,23-27,34,37-40,51-52H,9-10,17-22,47-48H2,1H3,(H2,49,59)(H,50,53)(H,54,62)(H,55,63)(H,56,60)(H,57,61)(H,58,64)/t27-,34-,37-,38+,39+,40-/m1/s1. The Morgan fingerprint density at radius 3 is 1.67 bits per heavy atom. The summed E-state index contributed by atoms with van der Waals surface area (Å²) in [6.45, 7) is 1.87. The van der Waals surface area contributed by atoms with Crippen LogP contribution < -0.4 is 43.8 Å². The predicted octanol–water partition coefficient (Wildman–Crippen LogP) is 1.03. The largest absolute Gasteiger partial charge is 0.368 e. The maximum atomic E-state index is 14.4. The number of nitrogens with zero attached hydrogens (tertiary/aromatic N) is 1. The molecule has 0 unspecified atom stereocenters. The minimum Gasteiger partial charge on any atom is -0.368 e. The van der Waals surface area contributed by atoms with Crippen LogP contribution in [0.3, 0.4) is 0 Å². The molecule has 6 atom stereocenters. The van der Waals surface area contributed by atoms with Crippen LogP contribution >= 0.6 is 0 Å². The number of H-pyrrole nitrogens is 3. The molecule has 6 rings (SSSR count). The molecule has 0 aliphatic rings. The highest BCUT2D eigenvalue weighted by Crippen LogP contribution is 2.21. The van der Waals surface area contributed by atoms with Crippen molar-refractivity contribution in [3.05, 3.63) is 126 Å². The van der Waals surface area contributed by atoms with Crippen LogP contribution in [0.25, 0.3) is 21.8 Å². The molecule has 3 aromatic heterocycles. The molecule has 6 amide bonds. The number of rotatable bonds is 23. The number of carbonyl (C=O) groups is 6. The molecule has 0 spiro atoms. The molecule has 3 heterocycles. The molecule has 0 radical (unpaired) electrons. The summed E-state index contributed by atoms with van der Waals surface area (Å²) in [6, 6.07) is 17.2. The molecule has 0 saturated carbocycles. The van der Waals surface area contributed by atoms with Crippen LogP contribution in [-0.4, -0.2) is 98.2 Å². The van der Waals surface area contributed by atoms with Crippen molar-refractivity contribution in [2.75, 3.05) is 6.54 Å². The maximum absolute atomic E-state index is 14.4. The summed E-state index contributed by atoms with van der Waals surface area (Å²) in [6.07, 6.45) is 8.21. The first kappa shape index (κ1) is 46.2. The molecule has 0 aliphatic heterocycles. The van der Waals surface area contributed by atoms with Crippen LogP contribution in [-0.2, 0) is 54.5 Å². The van der Waals surface area contributed by atoms with Crippen molar-refractivity contribution in [1.29, 1.82) is 0 Å². The fraction of sp³-hybridized carbons (Fsp3) is 0.326. The second kappa shape index (κ2) is 22.2.